The Kier molecular flexibility index (Phi) is 7.63. The molecule has 0 unspecified atom stereocenters. The van der Waals surface area contributed by atoms with E-state index in [1.54, 1.807) is 6.21 Å². The van der Waals surface area contributed by atoms with Crippen LogP contribution in [0.25, 0.3) is 0 Å². The van der Waals surface area contributed by atoms with Gasteiger partial charge in [0.05, 0.1) is 14.6 Å². The average Bonchev–Trinajstić information content (AvgIpc) is 2.80. The van der Waals surface area contributed by atoms with Gasteiger partial charge in [-0.25, -0.2) is 0 Å². The average molecular weight is 572 g/mol. The summed E-state index contributed by atoms with van der Waals surface area (Å²) in [7, 11) is 0. The minimum atomic E-state index is 0.377. The summed E-state index contributed by atoms with van der Waals surface area (Å²) >= 11 is 13.4. The molecule has 4 aromatic carbocycles. The van der Waals surface area contributed by atoms with Crippen molar-refractivity contribution in [2.75, 3.05) is 0 Å². The molecule has 0 amide bonds. The number of aliphatic imine (C=N–C) groups is 1. The standard InChI is InChI=1S/C26H18Br2ClNO2/c27-23-14-18(15-24(28)26(23)31-17-19-6-4-5-9-25(19)29)16-30-20-10-12-22(13-11-20)32-21-7-2-1-3-8-21/h1-16H,17H2. The lowest BCUT2D eigenvalue weighted by Gasteiger charge is -2.12. The highest BCUT2D eigenvalue weighted by atomic mass is 79.9. The first kappa shape index (κ1) is 22.6. The topological polar surface area (TPSA) is 30.8 Å². The van der Waals surface area contributed by atoms with E-state index >= 15 is 0 Å². The van der Waals surface area contributed by atoms with Gasteiger partial charge in [-0.15, -0.1) is 0 Å². The van der Waals surface area contributed by atoms with E-state index in [0.717, 1.165) is 37.3 Å². The molecule has 0 bridgehead atoms. The summed E-state index contributed by atoms with van der Waals surface area (Å²) in [6.45, 7) is 0.377. The Labute approximate surface area is 208 Å². The lowest BCUT2D eigenvalue weighted by atomic mass is 10.2. The highest BCUT2D eigenvalue weighted by Gasteiger charge is 2.10. The molecule has 0 heterocycles. The Morgan fingerprint density at radius 1 is 0.781 bits per heavy atom. The summed E-state index contributed by atoms with van der Waals surface area (Å²) in [5.74, 6) is 2.28. The van der Waals surface area contributed by atoms with Gasteiger partial charge < -0.3 is 9.47 Å². The number of para-hydroxylation sites is 1. The number of ether oxygens (including phenoxy) is 2. The summed E-state index contributed by atoms with van der Waals surface area (Å²) in [6, 6.07) is 28.9. The molecule has 0 fully saturated rings. The molecule has 4 rings (SSSR count). The summed E-state index contributed by atoms with van der Waals surface area (Å²) < 4.78 is 13.4. The number of rotatable bonds is 7. The van der Waals surface area contributed by atoms with Crippen LogP contribution in [-0.4, -0.2) is 6.21 Å². The van der Waals surface area contributed by atoms with E-state index in [1.807, 2.05) is 91.0 Å². The van der Waals surface area contributed by atoms with Gasteiger partial charge in [0.15, 0.2) is 0 Å². The Morgan fingerprint density at radius 2 is 1.41 bits per heavy atom. The maximum Gasteiger partial charge on any atom is 0.148 e. The smallest absolute Gasteiger partial charge is 0.148 e. The second-order valence-electron chi connectivity index (χ2n) is 6.86. The van der Waals surface area contributed by atoms with Crippen molar-refractivity contribution in [3.05, 3.63) is 116 Å². The highest BCUT2D eigenvalue weighted by molar-refractivity contribution is 9.11. The van der Waals surface area contributed by atoms with Gasteiger partial charge in [-0.2, -0.15) is 0 Å². The zero-order valence-corrected chi connectivity index (χ0v) is 20.8. The van der Waals surface area contributed by atoms with E-state index < -0.39 is 0 Å². The molecule has 0 saturated heterocycles. The first-order valence-corrected chi connectivity index (χ1v) is 11.8. The molecule has 0 radical (unpaired) electrons. The molecule has 4 aromatic rings. The van der Waals surface area contributed by atoms with Crippen LogP contribution in [-0.2, 0) is 6.61 Å². The Balaban J connectivity index is 1.42. The van der Waals surface area contributed by atoms with Crippen LogP contribution in [0, 0.1) is 0 Å². The molecule has 0 aromatic heterocycles. The SMILES string of the molecule is Clc1ccccc1COc1c(Br)cc(C=Nc2ccc(Oc3ccccc3)cc2)cc1Br. The van der Waals surface area contributed by atoms with Crippen LogP contribution in [0.4, 0.5) is 5.69 Å². The van der Waals surface area contributed by atoms with Gasteiger partial charge in [-0.1, -0.05) is 48.0 Å². The fourth-order valence-corrected chi connectivity index (χ4v) is 4.57. The first-order valence-electron chi connectivity index (χ1n) is 9.81. The van der Waals surface area contributed by atoms with Crippen molar-refractivity contribution in [3.63, 3.8) is 0 Å². The Hall–Kier alpha value is -2.60. The van der Waals surface area contributed by atoms with Gasteiger partial charge >= 0.3 is 0 Å². The van der Waals surface area contributed by atoms with Crippen molar-refractivity contribution in [3.8, 4) is 17.2 Å². The maximum atomic E-state index is 6.22. The summed E-state index contributed by atoms with van der Waals surface area (Å²) in [6.07, 6.45) is 1.81. The van der Waals surface area contributed by atoms with Crippen molar-refractivity contribution in [2.24, 2.45) is 4.99 Å². The number of hydrogen-bond donors (Lipinski definition) is 0. The highest BCUT2D eigenvalue weighted by Crippen LogP contribution is 2.35. The predicted molar refractivity (Wildman–Crippen MR) is 138 cm³/mol. The molecule has 160 valence electrons. The van der Waals surface area contributed by atoms with Crippen LogP contribution in [0.15, 0.2) is 105 Å². The molecule has 0 N–H and O–H groups in total. The molecule has 0 aliphatic rings. The van der Waals surface area contributed by atoms with E-state index in [2.05, 4.69) is 36.9 Å². The van der Waals surface area contributed by atoms with Gasteiger partial charge in [-0.05, 0) is 92.0 Å². The molecule has 3 nitrogen and oxygen atoms in total. The van der Waals surface area contributed by atoms with Gasteiger partial charge in [-0.3, -0.25) is 4.99 Å². The zero-order valence-electron chi connectivity index (χ0n) is 16.8. The van der Waals surface area contributed by atoms with Crippen LogP contribution in [0.1, 0.15) is 11.1 Å². The Bertz CT molecular complexity index is 1210. The third-order valence-electron chi connectivity index (χ3n) is 4.53. The van der Waals surface area contributed by atoms with Gasteiger partial charge in [0.2, 0.25) is 0 Å². The van der Waals surface area contributed by atoms with E-state index in [1.165, 1.54) is 0 Å². The molecule has 0 atom stereocenters. The van der Waals surface area contributed by atoms with Gasteiger partial charge in [0, 0.05) is 16.8 Å². The first-order chi connectivity index (χ1) is 15.6. The minimum Gasteiger partial charge on any atom is -0.486 e. The maximum absolute atomic E-state index is 6.22. The molecule has 0 spiro atoms. The second kappa shape index (κ2) is 10.8. The second-order valence-corrected chi connectivity index (χ2v) is 8.98. The lowest BCUT2D eigenvalue weighted by molar-refractivity contribution is 0.302. The largest absolute Gasteiger partial charge is 0.486 e. The molecule has 0 aliphatic carbocycles. The van der Waals surface area contributed by atoms with E-state index in [-0.39, 0.29) is 0 Å². The molecule has 32 heavy (non-hydrogen) atoms. The van der Waals surface area contributed by atoms with Gasteiger partial charge in [0.1, 0.15) is 23.9 Å². The number of hydrogen-bond acceptors (Lipinski definition) is 3. The van der Waals surface area contributed by atoms with Crippen LogP contribution >= 0.6 is 43.5 Å². The summed E-state index contributed by atoms with van der Waals surface area (Å²) in [5.41, 5.74) is 2.69. The molecule has 0 aliphatic heterocycles. The number of nitrogens with zero attached hydrogens (tertiary/aromatic N) is 1. The van der Waals surface area contributed by atoms with Crippen molar-refractivity contribution in [1.29, 1.82) is 0 Å². The fourth-order valence-electron chi connectivity index (χ4n) is 2.93. The van der Waals surface area contributed by atoms with E-state index in [0.29, 0.717) is 17.4 Å². The van der Waals surface area contributed by atoms with Crippen molar-refractivity contribution in [2.45, 2.75) is 6.61 Å². The van der Waals surface area contributed by atoms with Crippen LogP contribution < -0.4 is 9.47 Å². The number of halogens is 3. The third-order valence-corrected chi connectivity index (χ3v) is 6.08. The van der Waals surface area contributed by atoms with E-state index in [4.69, 9.17) is 21.1 Å². The van der Waals surface area contributed by atoms with Crippen molar-refractivity contribution in [1.82, 2.24) is 0 Å². The third kappa shape index (κ3) is 6.00. The van der Waals surface area contributed by atoms with E-state index in [9.17, 15) is 0 Å². The van der Waals surface area contributed by atoms with Crippen molar-refractivity contribution >= 4 is 55.4 Å². The zero-order chi connectivity index (χ0) is 22.3. The molecular formula is C26H18Br2ClNO2. The lowest BCUT2D eigenvalue weighted by Crippen LogP contribution is -1.98. The quantitative estimate of drug-likeness (QED) is 0.207. The van der Waals surface area contributed by atoms with Gasteiger partial charge in [0.25, 0.3) is 0 Å². The minimum absolute atomic E-state index is 0.377. The van der Waals surface area contributed by atoms with Crippen LogP contribution in [0.5, 0.6) is 17.2 Å². The monoisotopic (exact) mass is 569 g/mol. The summed E-state index contributed by atoms with van der Waals surface area (Å²) in [5, 5.41) is 0.684. The van der Waals surface area contributed by atoms with Crippen LogP contribution in [0.3, 0.4) is 0 Å². The Morgan fingerprint density at radius 3 is 2.09 bits per heavy atom. The normalized spacial score (nSPS) is 11.0. The number of benzene rings is 4. The summed E-state index contributed by atoms with van der Waals surface area (Å²) in [4.78, 5) is 4.56. The predicted octanol–water partition coefficient (Wildman–Crippen LogP) is 8.99. The molecule has 6 heteroatoms. The van der Waals surface area contributed by atoms with Crippen molar-refractivity contribution < 1.29 is 9.47 Å². The van der Waals surface area contributed by atoms with Crippen LogP contribution in [0.2, 0.25) is 5.02 Å². The fraction of sp³-hybridized carbons (Fsp3) is 0.0385. The molecular weight excluding hydrogens is 554 g/mol. The molecule has 0 saturated carbocycles.